The van der Waals surface area contributed by atoms with Crippen LogP contribution in [0.25, 0.3) is 0 Å². The van der Waals surface area contributed by atoms with Crippen LogP contribution in [0.1, 0.15) is 0 Å². The van der Waals surface area contributed by atoms with Crippen molar-refractivity contribution in [1.29, 1.82) is 0 Å². The van der Waals surface area contributed by atoms with Crippen LogP contribution in [0.2, 0.25) is 0 Å². The highest BCUT2D eigenvalue weighted by atomic mass is 16.2. The van der Waals surface area contributed by atoms with E-state index in [9.17, 15) is 9.59 Å². The molecule has 0 aromatic heterocycles. The van der Waals surface area contributed by atoms with E-state index in [1.54, 1.807) is 4.90 Å². The van der Waals surface area contributed by atoms with E-state index in [4.69, 9.17) is 0 Å². The first kappa shape index (κ1) is 7.75. The molecule has 5 nitrogen and oxygen atoms in total. The van der Waals surface area contributed by atoms with Crippen LogP contribution in [-0.4, -0.2) is 43.2 Å². The molecular formula is C6H9N3O2. The van der Waals surface area contributed by atoms with Gasteiger partial charge in [-0.1, -0.05) is 0 Å². The fourth-order valence-electron chi connectivity index (χ4n) is 0.941. The van der Waals surface area contributed by atoms with Gasteiger partial charge in [0, 0.05) is 19.6 Å². The van der Waals surface area contributed by atoms with Crippen molar-refractivity contribution in [2.75, 3.05) is 26.2 Å². The smallest absolute Gasteiger partial charge is 0.317 e. The van der Waals surface area contributed by atoms with Gasteiger partial charge in [-0.3, -0.25) is 0 Å². The summed E-state index contributed by atoms with van der Waals surface area (Å²) in [6, 6.07) is -0.0777. The lowest BCUT2D eigenvalue weighted by Gasteiger charge is -2.10. The van der Waals surface area contributed by atoms with Crippen molar-refractivity contribution in [3.63, 3.8) is 0 Å². The Balaban J connectivity index is 2.25. The van der Waals surface area contributed by atoms with E-state index >= 15 is 0 Å². The van der Waals surface area contributed by atoms with E-state index in [1.807, 2.05) is 0 Å². The van der Waals surface area contributed by atoms with Crippen molar-refractivity contribution in [3.8, 4) is 0 Å². The number of nitrogens with one attached hydrogen (secondary N) is 1. The maximum absolute atomic E-state index is 10.8. The molecule has 0 saturated carbocycles. The van der Waals surface area contributed by atoms with E-state index in [0.29, 0.717) is 26.2 Å². The summed E-state index contributed by atoms with van der Waals surface area (Å²) >= 11 is 0. The Bertz CT molecular complexity index is 198. The molecule has 0 radical (unpaired) electrons. The van der Waals surface area contributed by atoms with Gasteiger partial charge in [0.1, 0.15) is 0 Å². The van der Waals surface area contributed by atoms with E-state index in [0.717, 1.165) is 0 Å². The number of carbonyl (C=O) groups excluding carboxylic acids is 2. The van der Waals surface area contributed by atoms with E-state index in [1.165, 1.54) is 6.08 Å². The molecule has 5 heteroatoms. The van der Waals surface area contributed by atoms with Crippen LogP contribution < -0.4 is 5.32 Å². The van der Waals surface area contributed by atoms with Gasteiger partial charge in [-0.25, -0.2) is 14.6 Å². The molecule has 0 bridgehead atoms. The third-order valence-corrected chi connectivity index (χ3v) is 1.49. The van der Waals surface area contributed by atoms with Gasteiger partial charge in [0.15, 0.2) is 0 Å². The zero-order chi connectivity index (χ0) is 8.10. The van der Waals surface area contributed by atoms with Crippen molar-refractivity contribution in [2.45, 2.75) is 0 Å². The van der Waals surface area contributed by atoms with Crippen LogP contribution >= 0.6 is 0 Å². The standard InChI is InChI=1S/C6H9N3O2/c10-5-7-1-3-9-4-2-8-6(9)11/h1-4H2,(H,8,11). The van der Waals surface area contributed by atoms with Crippen molar-refractivity contribution >= 4 is 12.1 Å². The molecule has 0 aromatic carbocycles. The summed E-state index contributed by atoms with van der Waals surface area (Å²) in [5.41, 5.74) is 0. The van der Waals surface area contributed by atoms with Crippen LogP contribution in [0.4, 0.5) is 4.79 Å². The minimum atomic E-state index is -0.0777. The Labute approximate surface area is 64.1 Å². The van der Waals surface area contributed by atoms with Gasteiger partial charge in [-0.2, -0.15) is 0 Å². The molecule has 1 rings (SSSR count). The molecule has 0 atom stereocenters. The number of rotatable bonds is 3. The number of aliphatic imine (C=N–C) groups is 1. The van der Waals surface area contributed by atoms with Crippen LogP contribution in [0, 0.1) is 0 Å². The van der Waals surface area contributed by atoms with Gasteiger partial charge in [0.05, 0.1) is 6.54 Å². The van der Waals surface area contributed by atoms with Crippen LogP contribution in [-0.2, 0) is 4.79 Å². The Kier molecular flexibility index (Phi) is 2.63. The quantitative estimate of drug-likeness (QED) is 0.434. The normalized spacial score (nSPS) is 16.0. The second kappa shape index (κ2) is 3.73. The molecule has 0 spiro atoms. The molecular weight excluding hydrogens is 146 g/mol. The number of urea groups is 1. The third kappa shape index (κ3) is 2.05. The van der Waals surface area contributed by atoms with Gasteiger partial charge in [0.25, 0.3) is 0 Å². The predicted molar refractivity (Wildman–Crippen MR) is 38.0 cm³/mol. The molecule has 2 amide bonds. The molecule has 1 fully saturated rings. The maximum atomic E-state index is 10.8. The first-order valence-electron chi connectivity index (χ1n) is 3.41. The van der Waals surface area contributed by atoms with Gasteiger partial charge in [0.2, 0.25) is 6.08 Å². The summed E-state index contributed by atoms with van der Waals surface area (Å²) in [6.07, 6.45) is 1.42. The number of hydrogen-bond acceptors (Lipinski definition) is 3. The molecule has 1 aliphatic heterocycles. The lowest BCUT2D eigenvalue weighted by atomic mass is 10.5. The van der Waals surface area contributed by atoms with Gasteiger partial charge in [-0.15, -0.1) is 0 Å². The van der Waals surface area contributed by atoms with Crippen molar-refractivity contribution in [3.05, 3.63) is 0 Å². The zero-order valence-corrected chi connectivity index (χ0v) is 6.04. The van der Waals surface area contributed by atoms with Gasteiger partial charge < -0.3 is 10.2 Å². The summed E-state index contributed by atoms with van der Waals surface area (Å²) in [6.45, 7) is 2.23. The topological polar surface area (TPSA) is 61.8 Å². The van der Waals surface area contributed by atoms with Crippen LogP contribution in [0.5, 0.6) is 0 Å². The summed E-state index contributed by atoms with van der Waals surface area (Å²) in [5, 5.41) is 2.64. The minimum absolute atomic E-state index is 0.0777. The highest BCUT2D eigenvalue weighted by Crippen LogP contribution is 1.94. The summed E-state index contributed by atoms with van der Waals surface area (Å²) in [5.74, 6) is 0. The number of isocyanates is 1. The van der Waals surface area contributed by atoms with Crippen LogP contribution in [0.3, 0.4) is 0 Å². The average molecular weight is 155 g/mol. The fraction of sp³-hybridized carbons (Fsp3) is 0.667. The number of amides is 2. The Morgan fingerprint density at radius 2 is 2.55 bits per heavy atom. The molecule has 11 heavy (non-hydrogen) atoms. The van der Waals surface area contributed by atoms with Crippen molar-refractivity contribution < 1.29 is 9.59 Å². The van der Waals surface area contributed by atoms with Crippen molar-refractivity contribution in [1.82, 2.24) is 10.2 Å². The highest BCUT2D eigenvalue weighted by Gasteiger charge is 2.17. The molecule has 0 unspecified atom stereocenters. The largest absolute Gasteiger partial charge is 0.336 e. The minimum Gasteiger partial charge on any atom is -0.336 e. The molecule has 1 saturated heterocycles. The lowest BCUT2D eigenvalue weighted by molar-refractivity contribution is 0.218. The second-order valence-corrected chi connectivity index (χ2v) is 2.19. The predicted octanol–water partition coefficient (Wildman–Crippen LogP) is -0.653. The van der Waals surface area contributed by atoms with Gasteiger partial charge in [-0.05, 0) is 0 Å². The first-order valence-corrected chi connectivity index (χ1v) is 3.41. The van der Waals surface area contributed by atoms with E-state index in [2.05, 4.69) is 10.3 Å². The zero-order valence-electron chi connectivity index (χ0n) is 6.04. The van der Waals surface area contributed by atoms with E-state index < -0.39 is 0 Å². The fourth-order valence-corrected chi connectivity index (χ4v) is 0.941. The Morgan fingerprint density at radius 3 is 3.09 bits per heavy atom. The molecule has 60 valence electrons. The van der Waals surface area contributed by atoms with Crippen LogP contribution in [0.15, 0.2) is 4.99 Å². The summed E-state index contributed by atoms with van der Waals surface area (Å²) in [7, 11) is 0. The van der Waals surface area contributed by atoms with Crippen molar-refractivity contribution in [2.24, 2.45) is 4.99 Å². The summed E-state index contributed by atoms with van der Waals surface area (Å²) < 4.78 is 0. The second-order valence-electron chi connectivity index (χ2n) is 2.19. The SMILES string of the molecule is O=C=NCCN1CCNC1=O. The highest BCUT2D eigenvalue weighted by molar-refractivity contribution is 5.76. The molecule has 1 N–H and O–H groups in total. The summed E-state index contributed by atoms with van der Waals surface area (Å²) in [4.78, 5) is 25.4. The number of hydrogen-bond donors (Lipinski definition) is 1. The molecule has 0 aliphatic carbocycles. The lowest BCUT2D eigenvalue weighted by Crippen LogP contribution is -2.30. The third-order valence-electron chi connectivity index (χ3n) is 1.49. The molecule has 1 aliphatic rings. The molecule has 1 heterocycles. The average Bonchev–Trinajstić information content (AvgIpc) is 2.37. The monoisotopic (exact) mass is 155 g/mol. The Morgan fingerprint density at radius 1 is 1.73 bits per heavy atom. The van der Waals surface area contributed by atoms with E-state index in [-0.39, 0.29) is 6.03 Å². The maximum Gasteiger partial charge on any atom is 0.317 e. The van der Waals surface area contributed by atoms with Gasteiger partial charge >= 0.3 is 6.03 Å². The number of nitrogens with zero attached hydrogens (tertiary/aromatic N) is 2. The Hall–Kier alpha value is -1.35. The first-order chi connectivity index (χ1) is 5.34. The molecule has 0 aromatic rings. The number of carbonyl (C=O) groups is 1.